The Hall–Kier alpha value is -3.09. The summed E-state index contributed by atoms with van der Waals surface area (Å²) in [6.45, 7) is 2.79. The minimum absolute atomic E-state index is 0.0737. The number of rotatable bonds is 12. The number of hydrogen-bond donors (Lipinski definition) is 1. The van der Waals surface area contributed by atoms with Crippen LogP contribution in [0.1, 0.15) is 37.0 Å². The van der Waals surface area contributed by atoms with Gasteiger partial charge in [-0.25, -0.2) is 8.42 Å². The lowest BCUT2D eigenvalue weighted by atomic mass is 10.0. The first-order valence-electron chi connectivity index (χ1n) is 13.3. The largest absolute Gasteiger partial charge is 0.417 e. The van der Waals surface area contributed by atoms with Gasteiger partial charge >= 0.3 is 6.18 Å². The topological polar surface area (TPSA) is 86.8 Å². The van der Waals surface area contributed by atoms with E-state index in [-0.39, 0.29) is 19.0 Å². The van der Waals surface area contributed by atoms with Crippen molar-refractivity contribution in [1.29, 1.82) is 0 Å². The van der Waals surface area contributed by atoms with E-state index in [1.807, 2.05) is 19.9 Å². The summed E-state index contributed by atoms with van der Waals surface area (Å²) in [7, 11) is -4.26. The van der Waals surface area contributed by atoms with Crippen LogP contribution in [-0.2, 0) is 38.8 Å². The van der Waals surface area contributed by atoms with Crippen molar-refractivity contribution in [2.75, 3.05) is 17.1 Å². The Bertz CT molecular complexity index is 1540. The molecule has 0 bridgehead atoms. The van der Waals surface area contributed by atoms with Crippen LogP contribution >= 0.6 is 27.5 Å². The summed E-state index contributed by atoms with van der Waals surface area (Å²) in [4.78, 5) is 29.0. The lowest BCUT2D eigenvalue weighted by molar-refractivity contribution is -0.140. The Morgan fingerprint density at radius 3 is 2.23 bits per heavy atom. The molecule has 13 heteroatoms. The molecule has 3 aromatic carbocycles. The molecule has 43 heavy (non-hydrogen) atoms. The van der Waals surface area contributed by atoms with Crippen LogP contribution in [0.5, 0.6) is 0 Å². The highest BCUT2D eigenvalue weighted by molar-refractivity contribution is 9.10. The van der Waals surface area contributed by atoms with E-state index in [4.69, 9.17) is 11.6 Å². The fourth-order valence-electron chi connectivity index (χ4n) is 4.33. The summed E-state index contributed by atoms with van der Waals surface area (Å²) >= 11 is 9.16. The van der Waals surface area contributed by atoms with Crippen LogP contribution in [0.4, 0.5) is 18.9 Å². The van der Waals surface area contributed by atoms with E-state index >= 15 is 0 Å². The van der Waals surface area contributed by atoms with Gasteiger partial charge in [-0.3, -0.25) is 13.9 Å². The first-order chi connectivity index (χ1) is 20.1. The lowest BCUT2D eigenvalue weighted by Gasteiger charge is -2.34. The van der Waals surface area contributed by atoms with Crippen molar-refractivity contribution >= 4 is 55.1 Å². The molecule has 1 N–H and O–H groups in total. The molecule has 0 saturated carbocycles. The van der Waals surface area contributed by atoms with Crippen LogP contribution < -0.4 is 9.62 Å². The Morgan fingerprint density at radius 1 is 1.00 bits per heavy atom. The number of sulfonamides is 1. The van der Waals surface area contributed by atoms with Crippen molar-refractivity contribution in [3.05, 3.63) is 99.0 Å². The van der Waals surface area contributed by atoms with Crippen LogP contribution in [0.2, 0.25) is 5.02 Å². The molecule has 2 atom stereocenters. The third kappa shape index (κ3) is 9.70. The van der Waals surface area contributed by atoms with Gasteiger partial charge in [-0.05, 0) is 54.8 Å². The summed E-state index contributed by atoms with van der Waals surface area (Å²) < 4.78 is 67.9. The maximum absolute atomic E-state index is 14.1. The summed E-state index contributed by atoms with van der Waals surface area (Å²) in [5.41, 5.74) is -0.229. The number of benzene rings is 3. The van der Waals surface area contributed by atoms with E-state index < -0.39 is 56.9 Å². The molecule has 7 nitrogen and oxygen atoms in total. The molecule has 0 aliphatic heterocycles. The van der Waals surface area contributed by atoms with Crippen molar-refractivity contribution in [3.63, 3.8) is 0 Å². The highest BCUT2D eigenvalue weighted by Crippen LogP contribution is 2.37. The summed E-state index contributed by atoms with van der Waals surface area (Å²) in [5, 5.41) is 2.30. The zero-order chi connectivity index (χ0) is 31.9. The Labute approximate surface area is 263 Å². The third-order valence-corrected chi connectivity index (χ3v) is 8.70. The average molecular weight is 703 g/mol. The highest BCUT2D eigenvalue weighted by Gasteiger charge is 2.36. The number of nitrogens with zero attached hydrogens (tertiary/aromatic N) is 2. The second kappa shape index (κ2) is 14.6. The molecule has 0 spiro atoms. The highest BCUT2D eigenvalue weighted by atomic mass is 79.9. The standard InChI is InChI=1S/C30H32BrClF3N3O4S/c1-4-20(2)36-29(40)27(16-21-9-6-5-7-10-21)37(18-22-11-8-12-23(31)15-22)28(39)19-38(43(3,41)42)24-13-14-26(32)25(17-24)30(33,34)35/h5-15,17,20,27H,4,16,18-19H2,1-3H3,(H,36,40)/t20-,27+/m1/s1. The molecule has 0 aromatic heterocycles. The number of carbonyl (C=O) groups is 2. The van der Waals surface area contributed by atoms with Crippen molar-refractivity contribution in [2.24, 2.45) is 0 Å². The monoisotopic (exact) mass is 701 g/mol. The number of hydrogen-bond acceptors (Lipinski definition) is 4. The maximum Gasteiger partial charge on any atom is 0.417 e. The summed E-state index contributed by atoms with van der Waals surface area (Å²) in [6.07, 6.45) is -3.33. The maximum atomic E-state index is 14.1. The molecule has 3 rings (SSSR count). The van der Waals surface area contributed by atoms with Gasteiger partial charge in [-0.2, -0.15) is 13.2 Å². The van der Waals surface area contributed by atoms with Crippen molar-refractivity contribution in [2.45, 2.75) is 51.5 Å². The average Bonchev–Trinajstić information content (AvgIpc) is 2.93. The van der Waals surface area contributed by atoms with Gasteiger partial charge < -0.3 is 10.2 Å². The van der Waals surface area contributed by atoms with Gasteiger partial charge in [0.25, 0.3) is 0 Å². The minimum atomic E-state index is -4.86. The van der Waals surface area contributed by atoms with E-state index in [9.17, 15) is 31.2 Å². The molecule has 0 unspecified atom stereocenters. The van der Waals surface area contributed by atoms with Crippen LogP contribution in [0.3, 0.4) is 0 Å². The van der Waals surface area contributed by atoms with Crippen molar-refractivity contribution < 1.29 is 31.2 Å². The smallest absolute Gasteiger partial charge is 0.352 e. The number of nitrogens with one attached hydrogen (secondary N) is 1. The zero-order valence-electron chi connectivity index (χ0n) is 23.7. The zero-order valence-corrected chi connectivity index (χ0v) is 26.9. The fourth-order valence-corrected chi connectivity index (χ4v) is 5.84. The van der Waals surface area contributed by atoms with Gasteiger partial charge in [-0.1, -0.05) is 76.9 Å². The molecule has 0 fully saturated rings. The predicted octanol–water partition coefficient (Wildman–Crippen LogP) is 6.44. The lowest BCUT2D eigenvalue weighted by Crippen LogP contribution is -2.54. The Balaban J connectivity index is 2.11. The normalized spacial score (nSPS) is 13.2. The first-order valence-corrected chi connectivity index (χ1v) is 16.3. The second-order valence-corrected chi connectivity index (χ2v) is 13.3. The number of amides is 2. The van der Waals surface area contributed by atoms with Gasteiger partial charge in [0.2, 0.25) is 21.8 Å². The molecule has 0 heterocycles. The number of halogens is 5. The predicted molar refractivity (Wildman–Crippen MR) is 165 cm³/mol. The van der Waals surface area contributed by atoms with Gasteiger partial charge in [0.05, 0.1) is 22.5 Å². The molecule has 2 amide bonds. The molecule has 3 aromatic rings. The van der Waals surface area contributed by atoms with E-state index in [1.165, 1.54) is 4.90 Å². The number of anilines is 1. The van der Waals surface area contributed by atoms with Crippen molar-refractivity contribution in [1.82, 2.24) is 10.2 Å². The van der Waals surface area contributed by atoms with Crippen LogP contribution in [0, 0.1) is 0 Å². The summed E-state index contributed by atoms with van der Waals surface area (Å²) in [6, 6.07) is 17.4. The Kier molecular flexibility index (Phi) is 11.7. The first kappa shape index (κ1) is 34.4. The Morgan fingerprint density at radius 2 is 1.65 bits per heavy atom. The van der Waals surface area contributed by atoms with E-state index in [0.29, 0.717) is 22.4 Å². The van der Waals surface area contributed by atoms with E-state index in [0.717, 1.165) is 28.4 Å². The molecular weight excluding hydrogens is 671 g/mol. The van der Waals surface area contributed by atoms with Gasteiger partial charge in [0, 0.05) is 23.5 Å². The molecule has 0 aliphatic rings. The fraction of sp³-hybridized carbons (Fsp3) is 0.333. The molecule has 0 aliphatic carbocycles. The van der Waals surface area contributed by atoms with E-state index in [2.05, 4.69) is 21.2 Å². The molecular formula is C30H32BrClF3N3O4S. The quantitative estimate of drug-likeness (QED) is 0.236. The number of carbonyl (C=O) groups excluding carboxylic acids is 2. The van der Waals surface area contributed by atoms with Crippen LogP contribution in [0.15, 0.2) is 77.3 Å². The SMILES string of the molecule is CC[C@@H](C)NC(=O)[C@H](Cc1ccccc1)N(Cc1cccc(Br)c1)C(=O)CN(c1ccc(Cl)c(C(F)(F)F)c1)S(C)(=O)=O. The molecule has 232 valence electrons. The number of alkyl halides is 3. The second-order valence-electron chi connectivity index (χ2n) is 10.1. The van der Waals surface area contributed by atoms with Crippen LogP contribution in [-0.4, -0.2) is 50.0 Å². The van der Waals surface area contributed by atoms with Gasteiger partial charge in [0.1, 0.15) is 12.6 Å². The van der Waals surface area contributed by atoms with Gasteiger partial charge in [0.15, 0.2) is 0 Å². The van der Waals surface area contributed by atoms with Crippen LogP contribution in [0.25, 0.3) is 0 Å². The minimum Gasteiger partial charge on any atom is -0.352 e. The third-order valence-electron chi connectivity index (χ3n) is 6.74. The molecule has 0 radical (unpaired) electrons. The molecule has 0 saturated heterocycles. The van der Waals surface area contributed by atoms with Gasteiger partial charge in [-0.15, -0.1) is 0 Å². The van der Waals surface area contributed by atoms with E-state index in [1.54, 1.807) is 48.5 Å². The van der Waals surface area contributed by atoms with Crippen molar-refractivity contribution in [3.8, 4) is 0 Å². The summed E-state index contributed by atoms with van der Waals surface area (Å²) in [5.74, 6) is -1.23.